The highest BCUT2D eigenvalue weighted by atomic mass is 19.1. The van der Waals surface area contributed by atoms with Gasteiger partial charge >= 0.3 is 11.8 Å². The lowest BCUT2D eigenvalue weighted by atomic mass is 10.2. The molecule has 0 spiro atoms. The number of halogens is 1. The van der Waals surface area contributed by atoms with E-state index in [-0.39, 0.29) is 16.9 Å². The second-order valence-corrected chi connectivity index (χ2v) is 7.48. The first-order chi connectivity index (χ1) is 13.9. The predicted molar refractivity (Wildman–Crippen MR) is 111 cm³/mol. The molecule has 1 heterocycles. The Labute approximate surface area is 171 Å². The molecule has 2 N–H and O–H groups in total. The van der Waals surface area contributed by atoms with Crippen molar-refractivity contribution in [1.82, 2.24) is 9.13 Å². The van der Waals surface area contributed by atoms with Gasteiger partial charge in [-0.25, -0.2) is 14.0 Å². The molecule has 0 fully saturated rings. The molecule has 0 unspecified atom stereocenters. The summed E-state index contributed by atoms with van der Waals surface area (Å²) in [5, 5.41) is 4.88. The molecule has 0 aliphatic rings. The topological polar surface area (TPSA) is 111 Å². The van der Waals surface area contributed by atoms with E-state index in [9.17, 15) is 23.6 Å². The Hall–Kier alpha value is -3.69. The zero-order valence-electron chi connectivity index (χ0n) is 17.3. The van der Waals surface area contributed by atoms with Crippen molar-refractivity contribution < 1.29 is 18.7 Å². The SMILES string of the molecule is Cn1cc(/C=C/C(=O)Nc2cc(F)ccc2NC(=O)OC(C)(C)C)c(=O)n(C)c1=O. The highest BCUT2D eigenvalue weighted by Crippen LogP contribution is 2.24. The number of carbonyl (C=O) groups excluding carboxylic acids is 2. The average Bonchev–Trinajstić information content (AvgIpc) is 2.62. The first-order valence-electron chi connectivity index (χ1n) is 8.92. The first-order valence-corrected chi connectivity index (χ1v) is 8.92. The number of amides is 2. The number of anilines is 2. The van der Waals surface area contributed by atoms with E-state index in [0.29, 0.717) is 0 Å². The van der Waals surface area contributed by atoms with Crippen molar-refractivity contribution in [2.45, 2.75) is 26.4 Å². The summed E-state index contributed by atoms with van der Waals surface area (Å²) in [5.74, 6) is -1.31. The summed E-state index contributed by atoms with van der Waals surface area (Å²) < 4.78 is 20.9. The fourth-order valence-electron chi connectivity index (χ4n) is 2.43. The summed E-state index contributed by atoms with van der Waals surface area (Å²) in [5.41, 5.74) is -1.56. The third kappa shape index (κ3) is 5.90. The van der Waals surface area contributed by atoms with Gasteiger partial charge in [-0.3, -0.25) is 19.5 Å². The second-order valence-electron chi connectivity index (χ2n) is 7.48. The van der Waals surface area contributed by atoms with Crippen LogP contribution in [0.25, 0.3) is 6.08 Å². The molecule has 0 aliphatic heterocycles. The minimum atomic E-state index is -0.770. The van der Waals surface area contributed by atoms with Crippen molar-refractivity contribution in [3.05, 3.63) is 62.7 Å². The summed E-state index contributed by atoms with van der Waals surface area (Å²) in [6.07, 6.45) is 2.82. The van der Waals surface area contributed by atoms with Gasteiger partial charge in [0.2, 0.25) is 5.91 Å². The number of aromatic nitrogens is 2. The third-order valence-electron chi connectivity index (χ3n) is 3.76. The Morgan fingerprint density at radius 3 is 2.40 bits per heavy atom. The molecule has 1 aromatic heterocycles. The Balaban J connectivity index is 2.22. The van der Waals surface area contributed by atoms with Gasteiger partial charge in [0.25, 0.3) is 5.56 Å². The Morgan fingerprint density at radius 1 is 1.10 bits per heavy atom. The molecule has 0 saturated carbocycles. The number of nitrogens with zero attached hydrogens (tertiary/aromatic N) is 2. The molecule has 2 rings (SSSR count). The number of rotatable bonds is 4. The molecule has 0 radical (unpaired) electrons. The average molecular weight is 418 g/mol. The van der Waals surface area contributed by atoms with Crippen LogP contribution in [0.4, 0.5) is 20.6 Å². The van der Waals surface area contributed by atoms with E-state index in [1.165, 1.54) is 37.0 Å². The molecular formula is C20H23FN4O5. The lowest BCUT2D eigenvalue weighted by Crippen LogP contribution is -2.37. The van der Waals surface area contributed by atoms with Crippen LogP contribution in [0.1, 0.15) is 26.3 Å². The van der Waals surface area contributed by atoms with Gasteiger partial charge in [-0.15, -0.1) is 0 Å². The van der Waals surface area contributed by atoms with Crippen molar-refractivity contribution in [1.29, 1.82) is 0 Å². The van der Waals surface area contributed by atoms with Gasteiger partial charge in [0.15, 0.2) is 0 Å². The van der Waals surface area contributed by atoms with Gasteiger partial charge in [-0.05, 0) is 45.0 Å². The lowest BCUT2D eigenvalue weighted by Gasteiger charge is -2.20. The highest BCUT2D eigenvalue weighted by Gasteiger charge is 2.18. The maximum Gasteiger partial charge on any atom is 0.412 e. The Bertz CT molecular complexity index is 1130. The summed E-state index contributed by atoms with van der Waals surface area (Å²) in [7, 11) is 2.80. The van der Waals surface area contributed by atoms with E-state index in [2.05, 4.69) is 10.6 Å². The van der Waals surface area contributed by atoms with E-state index in [0.717, 1.165) is 22.8 Å². The molecule has 0 aliphatic carbocycles. The van der Waals surface area contributed by atoms with Crippen LogP contribution < -0.4 is 21.9 Å². The Morgan fingerprint density at radius 2 is 1.77 bits per heavy atom. The van der Waals surface area contributed by atoms with E-state index in [1.807, 2.05) is 0 Å². The fourth-order valence-corrected chi connectivity index (χ4v) is 2.43. The van der Waals surface area contributed by atoms with Gasteiger partial charge in [0, 0.05) is 26.4 Å². The summed E-state index contributed by atoms with van der Waals surface area (Å²) in [4.78, 5) is 48.1. The minimum Gasteiger partial charge on any atom is -0.444 e. The molecule has 9 nitrogen and oxygen atoms in total. The van der Waals surface area contributed by atoms with Crippen LogP contribution in [0.5, 0.6) is 0 Å². The third-order valence-corrected chi connectivity index (χ3v) is 3.76. The van der Waals surface area contributed by atoms with Gasteiger partial charge in [0.1, 0.15) is 11.4 Å². The van der Waals surface area contributed by atoms with Crippen LogP contribution in [-0.4, -0.2) is 26.7 Å². The molecule has 10 heteroatoms. The van der Waals surface area contributed by atoms with Crippen LogP contribution in [0.3, 0.4) is 0 Å². The number of benzene rings is 1. The number of nitrogens with one attached hydrogen (secondary N) is 2. The Kier molecular flexibility index (Phi) is 6.60. The second kappa shape index (κ2) is 8.76. The summed E-state index contributed by atoms with van der Waals surface area (Å²) >= 11 is 0. The molecule has 0 bridgehead atoms. The zero-order valence-corrected chi connectivity index (χ0v) is 17.3. The van der Waals surface area contributed by atoms with Crippen molar-refractivity contribution in [2.75, 3.05) is 10.6 Å². The van der Waals surface area contributed by atoms with Crippen LogP contribution >= 0.6 is 0 Å². The van der Waals surface area contributed by atoms with Crippen LogP contribution in [0, 0.1) is 5.82 Å². The molecule has 2 amide bonds. The van der Waals surface area contributed by atoms with Crippen molar-refractivity contribution in [2.24, 2.45) is 14.1 Å². The van der Waals surface area contributed by atoms with Crippen LogP contribution in [0.2, 0.25) is 0 Å². The van der Waals surface area contributed by atoms with Crippen molar-refractivity contribution in [3.63, 3.8) is 0 Å². The molecule has 30 heavy (non-hydrogen) atoms. The predicted octanol–water partition coefficient (Wildman–Crippen LogP) is 2.22. The van der Waals surface area contributed by atoms with E-state index in [1.54, 1.807) is 20.8 Å². The monoisotopic (exact) mass is 418 g/mol. The summed E-state index contributed by atoms with van der Waals surface area (Å²) in [6.45, 7) is 5.07. The number of hydrogen-bond acceptors (Lipinski definition) is 5. The number of hydrogen-bond donors (Lipinski definition) is 2. The molecule has 160 valence electrons. The van der Waals surface area contributed by atoms with Gasteiger partial charge < -0.3 is 14.6 Å². The smallest absolute Gasteiger partial charge is 0.412 e. The first kappa shape index (κ1) is 22.6. The lowest BCUT2D eigenvalue weighted by molar-refractivity contribution is -0.111. The molecule has 2 aromatic rings. The standard InChI is InChI=1S/C20H23FN4O5/c1-20(2,3)30-18(28)23-14-8-7-13(21)10-15(14)22-16(26)9-6-12-11-24(4)19(29)25(5)17(12)27/h6-11H,1-5H3,(H,22,26)(H,23,28)/b9-6+. The van der Waals surface area contributed by atoms with E-state index in [4.69, 9.17) is 4.74 Å². The summed E-state index contributed by atoms with van der Waals surface area (Å²) in [6, 6.07) is 3.43. The minimum absolute atomic E-state index is 0.00359. The molecular weight excluding hydrogens is 395 g/mol. The molecule has 0 atom stereocenters. The number of ether oxygens (including phenoxy) is 1. The van der Waals surface area contributed by atoms with Gasteiger partial charge in [-0.1, -0.05) is 0 Å². The largest absolute Gasteiger partial charge is 0.444 e. The van der Waals surface area contributed by atoms with E-state index >= 15 is 0 Å². The fraction of sp³-hybridized carbons (Fsp3) is 0.300. The van der Waals surface area contributed by atoms with Gasteiger partial charge in [-0.2, -0.15) is 0 Å². The van der Waals surface area contributed by atoms with Crippen LogP contribution in [-0.2, 0) is 23.6 Å². The van der Waals surface area contributed by atoms with Crippen molar-refractivity contribution in [3.8, 4) is 0 Å². The number of carbonyl (C=O) groups is 2. The zero-order chi connectivity index (χ0) is 22.6. The normalized spacial score (nSPS) is 11.4. The quantitative estimate of drug-likeness (QED) is 0.740. The maximum atomic E-state index is 13.6. The van der Waals surface area contributed by atoms with Crippen LogP contribution in [0.15, 0.2) is 40.1 Å². The van der Waals surface area contributed by atoms with E-state index < -0.39 is 34.7 Å². The molecule has 0 saturated heterocycles. The van der Waals surface area contributed by atoms with Gasteiger partial charge in [0.05, 0.1) is 16.9 Å². The number of aryl methyl sites for hydroxylation is 1. The van der Waals surface area contributed by atoms with Crippen molar-refractivity contribution >= 4 is 29.5 Å². The highest BCUT2D eigenvalue weighted by molar-refractivity contribution is 6.04. The maximum absolute atomic E-state index is 13.6. The molecule has 1 aromatic carbocycles.